The lowest BCUT2D eigenvalue weighted by atomic mass is 10.1. The summed E-state index contributed by atoms with van der Waals surface area (Å²) in [4.78, 5) is 11.2. The van der Waals surface area contributed by atoms with Gasteiger partial charge in [0.05, 0.1) is 0 Å². The number of carbonyl (C=O) groups excluding carboxylic acids is 1. The lowest BCUT2D eigenvalue weighted by Crippen LogP contribution is -2.00. The van der Waals surface area contributed by atoms with Crippen LogP contribution in [-0.4, -0.2) is 10.6 Å². The van der Waals surface area contributed by atoms with Gasteiger partial charge in [0.1, 0.15) is 0 Å². The number of allylic oxidation sites excluding steroid dienone is 4. The first kappa shape index (κ1) is 7.73. The molecular formula is C8H9BrO. The number of carbonyl (C=O) groups is 1. The van der Waals surface area contributed by atoms with Gasteiger partial charge in [-0.05, 0) is 12.5 Å². The summed E-state index contributed by atoms with van der Waals surface area (Å²) in [5.74, 6) is 0.216. The molecule has 2 heteroatoms. The highest BCUT2D eigenvalue weighted by Gasteiger charge is 2.03. The van der Waals surface area contributed by atoms with Gasteiger partial charge in [-0.1, -0.05) is 34.2 Å². The Morgan fingerprint density at radius 2 is 2.30 bits per heavy atom. The van der Waals surface area contributed by atoms with E-state index in [2.05, 4.69) is 15.9 Å². The maximum Gasteiger partial charge on any atom is 0.155 e. The van der Waals surface area contributed by atoms with Crippen molar-refractivity contribution in [3.05, 3.63) is 24.3 Å². The fourth-order valence-electron chi connectivity index (χ4n) is 0.807. The largest absolute Gasteiger partial charge is 0.295 e. The Bertz CT molecular complexity index is 182. The van der Waals surface area contributed by atoms with E-state index in [1.807, 2.05) is 12.2 Å². The summed E-state index contributed by atoms with van der Waals surface area (Å²) in [6.07, 6.45) is 8.90. The second-order valence-electron chi connectivity index (χ2n) is 2.26. The number of hydrogen-bond donors (Lipinski definition) is 0. The molecule has 1 rings (SSSR count). The number of ketones is 1. The van der Waals surface area contributed by atoms with Crippen molar-refractivity contribution in [1.29, 1.82) is 0 Å². The third-order valence-electron chi connectivity index (χ3n) is 1.38. The first-order valence-corrected chi connectivity index (χ1v) is 4.22. The zero-order chi connectivity index (χ0) is 7.40. The smallest absolute Gasteiger partial charge is 0.155 e. The third-order valence-corrected chi connectivity index (χ3v) is 2.14. The molecule has 0 fully saturated rings. The Morgan fingerprint density at radius 1 is 1.50 bits per heavy atom. The van der Waals surface area contributed by atoms with Gasteiger partial charge < -0.3 is 0 Å². The van der Waals surface area contributed by atoms with Gasteiger partial charge in [-0.3, -0.25) is 4.79 Å². The fourth-order valence-corrected chi connectivity index (χ4v) is 1.21. The van der Waals surface area contributed by atoms with Crippen LogP contribution in [0.3, 0.4) is 0 Å². The summed E-state index contributed by atoms with van der Waals surface area (Å²) in [7, 11) is 0. The van der Waals surface area contributed by atoms with Crippen LogP contribution in [0.15, 0.2) is 24.3 Å². The molecule has 0 saturated heterocycles. The highest BCUT2D eigenvalue weighted by molar-refractivity contribution is 9.09. The van der Waals surface area contributed by atoms with E-state index in [4.69, 9.17) is 0 Å². The lowest BCUT2D eigenvalue weighted by molar-refractivity contribution is -0.114. The van der Waals surface area contributed by atoms with Crippen LogP contribution in [0.5, 0.6) is 0 Å². The number of rotatable bonds is 0. The van der Waals surface area contributed by atoms with Crippen molar-refractivity contribution in [3.8, 4) is 0 Å². The average molecular weight is 201 g/mol. The first-order chi connectivity index (χ1) is 4.79. The molecule has 0 radical (unpaired) electrons. The van der Waals surface area contributed by atoms with Crippen LogP contribution in [0.2, 0.25) is 0 Å². The molecular weight excluding hydrogens is 192 g/mol. The molecule has 10 heavy (non-hydrogen) atoms. The number of alkyl halides is 1. The Morgan fingerprint density at radius 3 is 3.10 bits per heavy atom. The minimum atomic E-state index is 0.216. The monoisotopic (exact) mass is 200 g/mol. The predicted octanol–water partition coefficient (Wildman–Crippen LogP) is 2.23. The summed E-state index contributed by atoms with van der Waals surface area (Å²) < 4.78 is 0. The standard InChI is InChI=1S/C8H9BrO/c9-7-3-1-2-4-8(10)6-5-7/h1-4,7H,5-6H2/b3-1-,4-2-. The Labute approximate surface area is 68.9 Å². The van der Waals surface area contributed by atoms with Gasteiger partial charge in [0.15, 0.2) is 5.78 Å². The Kier molecular flexibility index (Phi) is 2.87. The molecule has 0 N–H and O–H groups in total. The van der Waals surface area contributed by atoms with Crippen LogP contribution < -0.4 is 0 Å². The molecule has 1 atom stereocenters. The summed E-state index contributed by atoms with van der Waals surface area (Å²) >= 11 is 3.43. The Balaban J connectivity index is 2.61. The van der Waals surface area contributed by atoms with E-state index in [1.165, 1.54) is 0 Å². The molecule has 0 aromatic carbocycles. The average Bonchev–Trinajstić information content (AvgIpc) is 1.90. The van der Waals surface area contributed by atoms with E-state index in [0.29, 0.717) is 11.2 Å². The van der Waals surface area contributed by atoms with E-state index < -0.39 is 0 Å². The van der Waals surface area contributed by atoms with Crippen molar-refractivity contribution in [1.82, 2.24) is 0 Å². The van der Waals surface area contributed by atoms with E-state index in [9.17, 15) is 4.79 Å². The van der Waals surface area contributed by atoms with Crippen molar-refractivity contribution >= 4 is 21.7 Å². The van der Waals surface area contributed by atoms with Crippen LogP contribution >= 0.6 is 15.9 Å². The van der Waals surface area contributed by atoms with Crippen LogP contribution in [0.1, 0.15) is 12.8 Å². The van der Waals surface area contributed by atoms with Crippen LogP contribution in [0.25, 0.3) is 0 Å². The van der Waals surface area contributed by atoms with Crippen molar-refractivity contribution in [2.45, 2.75) is 17.7 Å². The number of hydrogen-bond acceptors (Lipinski definition) is 1. The van der Waals surface area contributed by atoms with Crippen LogP contribution in [0, 0.1) is 0 Å². The van der Waals surface area contributed by atoms with Gasteiger partial charge in [-0.2, -0.15) is 0 Å². The van der Waals surface area contributed by atoms with Gasteiger partial charge in [0, 0.05) is 11.2 Å². The van der Waals surface area contributed by atoms with Crippen molar-refractivity contribution in [3.63, 3.8) is 0 Å². The summed E-state index contributed by atoms with van der Waals surface area (Å²) in [6.45, 7) is 0. The van der Waals surface area contributed by atoms with Crippen molar-refractivity contribution in [2.75, 3.05) is 0 Å². The molecule has 0 bridgehead atoms. The van der Waals surface area contributed by atoms with E-state index in [-0.39, 0.29) is 5.78 Å². The van der Waals surface area contributed by atoms with Crippen LogP contribution in [-0.2, 0) is 4.79 Å². The van der Waals surface area contributed by atoms with Gasteiger partial charge in [0.2, 0.25) is 0 Å². The zero-order valence-corrected chi connectivity index (χ0v) is 7.17. The van der Waals surface area contributed by atoms with Gasteiger partial charge in [0.25, 0.3) is 0 Å². The Hall–Kier alpha value is -0.370. The molecule has 1 aliphatic carbocycles. The zero-order valence-electron chi connectivity index (χ0n) is 5.59. The molecule has 1 aliphatic rings. The van der Waals surface area contributed by atoms with E-state index in [0.717, 1.165) is 6.42 Å². The predicted molar refractivity (Wildman–Crippen MR) is 45.2 cm³/mol. The fraction of sp³-hybridized carbons (Fsp3) is 0.375. The van der Waals surface area contributed by atoms with Crippen molar-refractivity contribution in [2.24, 2.45) is 0 Å². The third kappa shape index (κ3) is 2.48. The SMILES string of the molecule is O=C1/C=C\C=C/C(Br)CC1. The molecule has 0 amide bonds. The molecule has 0 heterocycles. The van der Waals surface area contributed by atoms with Gasteiger partial charge in [-0.15, -0.1) is 0 Å². The molecule has 0 aromatic rings. The van der Waals surface area contributed by atoms with E-state index in [1.54, 1.807) is 12.2 Å². The quantitative estimate of drug-likeness (QED) is 0.549. The molecule has 0 spiro atoms. The summed E-state index contributed by atoms with van der Waals surface area (Å²) in [5.41, 5.74) is 0. The highest BCUT2D eigenvalue weighted by Crippen LogP contribution is 2.11. The maximum atomic E-state index is 10.8. The number of halogens is 1. The maximum absolute atomic E-state index is 10.8. The van der Waals surface area contributed by atoms with Crippen LogP contribution in [0.4, 0.5) is 0 Å². The van der Waals surface area contributed by atoms with Gasteiger partial charge >= 0.3 is 0 Å². The molecule has 54 valence electrons. The molecule has 1 unspecified atom stereocenters. The highest BCUT2D eigenvalue weighted by atomic mass is 79.9. The first-order valence-electron chi connectivity index (χ1n) is 3.31. The minimum absolute atomic E-state index is 0.216. The minimum Gasteiger partial charge on any atom is -0.295 e. The molecule has 1 nitrogen and oxygen atoms in total. The van der Waals surface area contributed by atoms with E-state index >= 15 is 0 Å². The molecule has 0 aromatic heterocycles. The molecule has 0 saturated carbocycles. The summed E-state index contributed by atoms with van der Waals surface area (Å²) in [5, 5.41) is 0. The molecule has 0 aliphatic heterocycles. The second kappa shape index (κ2) is 3.71. The topological polar surface area (TPSA) is 17.1 Å². The second-order valence-corrected chi connectivity index (χ2v) is 3.44. The normalized spacial score (nSPS) is 32.5. The van der Waals surface area contributed by atoms with Gasteiger partial charge in [-0.25, -0.2) is 0 Å². The lowest BCUT2D eigenvalue weighted by Gasteiger charge is -2.02. The summed E-state index contributed by atoms with van der Waals surface area (Å²) in [6, 6.07) is 0. The van der Waals surface area contributed by atoms with Crippen molar-refractivity contribution < 1.29 is 4.79 Å².